The highest BCUT2D eigenvalue weighted by Crippen LogP contribution is 2.47. The maximum atomic E-state index is 12.7. The van der Waals surface area contributed by atoms with Gasteiger partial charge in [-0.2, -0.15) is 18.3 Å². The maximum Gasteiger partial charge on any atom is 0.419 e. The maximum absolute atomic E-state index is 12.7. The first-order chi connectivity index (χ1) is 14.1. The zero-order valence-electron chi connectivity index (χ0n) is 15.6. The fourth-order valence-corrected chi connectivity index (χ4v) is 4.84. The monoisotopic (exact) mass is 462 g/mol. The van der Waals surface area contributed by atoms with Crippen molar-refractivity contribution in [1.82, 2.24) is 9.78 Å². The van der Waals surface area contributed by atoms with Gasteiger partial charge in [0.1, 0.15) is 5.75 Å². The molecule has 0 bridgehead atoms. The van der Waals surface area contributed by atoms with Crippen molar-refractivity contribution < 1.29 is 31.1 Å². The Hall–Kier alpha value is -2.04. The van der Waals surface area contributed by atoms with Crippen molar-refractivity contribution in [3.63, 3.8) is 0 Å². The number of hydrogen-bond acceptors (Lipinski definition) is 5. The van der Waals surface area contributed by atoms with Crippen LogP contribution in [0.3, 0.4) is 0 Å². The molecule has 0 amide bonds. The summed E-state index contributed by atoms with van der Waals surface area (Å²) in [5.41, 5.74) is 0.468. The Balaban J connectivity index is 1.40. The van der Waals surface area contributed by atoms with Gasteiger partial charge in [-0.3, -0.25) is 0 Å². The first-order valence-corrected chi connectivity index (χ1v) is 11.5. The van der Waals surface area contributed by atoms with Crippen molar-refractivity contribution >= 4 is 19.7 Å². The van der Waals surface area contributed by atoms with Gasteiger partial charge < -0.3 is 9.47 Å². The molecule has 30 heavy (non-hydrogen) atoms. The highest BCUT2D eigenvalue weighted by atomic mass is 35.7. The number of halogens is 4. The predicted molar refractivity (Wildman–Crippen MR) is 103 cm³/mol. The van der Waals surface area contributed by atoms with Gasteiger partial charge in [-0.05, 0) is 36.3 Å². The van der Waals surface area contributed by atoms with Gasteiger partial charge in [0.05, 0.1) is 35.6 Å². The van der Waals surface area contributed by atoms with E-state index in [9.17, 15) is 21.6 Å². The van der Waals surface area contributed by atoms with Crippen molar-refractivity contribution in [2.45, 2.75) is 19.0 Å². The largest absolute Gasteiger partial charge is 0.493 e. The van der Waals surface area contributed by atoms with E-state index in [2.05, 4.69) is 5.10 Å². The molecule has 2 atom stereocenters. The van der Waals surface area contributed by atoms with Crippen LogP contribution in [-0.2, 0) is 20.0 Å². The normalized spacial score (nSPS) is 22.3. The van der Waals surface area contributed by atoms with Crippen LogP contribution in [0, 0.1) is 11.8 Å². The first kappa shape index (κ1) is 21.2. The molecule has 1 aromatic heterocycles. The fraction of sp³-hybridized carbons (Fsp3) is 0.421. The zero-order chi connectivity index (χ0) is 21.5. The second kappa shape index (κ2) is 7.90. The van der Waals surface area contributed by atoms with Crippen molar-refractivity contribution in [2.24, 2.45) is 11.8 Å². The number of nitrogens with zero attached hydrogens (tertiary/aromatic N) is 2. The van der Waals surface area contributed by atoms with Gasteiger partial charge in [-0.25, -0.2) is 13.1 Å². The third kappa shape index (κ3) is 4.65. The van der Waals surface area contributed by atoms with E-state index in [0.717, 1.165) is 29.1 Å². The van der Waals surface area contributed by atoms with E-state index < -0.39 is 20.8 Å². The summed E-state index contributed by atoms with van der Waals surface area (Å²) in [5.74, 6) is 0.596. The fourth-order valence-electron chi connectivity index (χ4n) is 3.59. The number of rotatable bonds is 6. The number of alkyl halides is 3. The molecule has 2 aliphatic rings. The number of hydrogen-bond donors (Lipinski definition) is 0. The molecule has 11 heteroatoms. The Morgan fingerprint density at radius 1 is 1.27 bits per heavy atom. The van der Waals surface area contributed by atoms with E-state index in [-0.39, 0.29) is 16.7 Å². The summed E-state index contributed by atoms with van der Waals surface area (Å²) in [5, 5.41) is 3.74. The molecule has 2 heterocycles. The molecular formula is C19H18ClF3N2O4S. The molecule has 0 saturated carbocycles. The Kier molecular flexibility index (Phi) is 5.58. The lowest BCUT2D eigenvalue weighted by atomic mass is 9.87. The molecule has 1 aromatic carbocycles. The van der Waals surface area contributed by atoms with Gasteiger partial charge >= 0.3 is 6.18 Å². The van der Waals surface area contributed by atoms with Crippen molar-refractivity contribution in [3.05, 3.63) is 52.7 Å². The summed E-state index contributed by atoms with van der Waals surface area (Å²) in [6.45, 7) is 1.37. The standard InChI is InChI=1S/C19H18ClF3N2O4S/c20-30(26,27)18-7-16(18)17-11-28-6-5-12(17)10-29-15-3-1-14(2-4-15)25-9-13(8-24-25)19(21,22)23/h1-4,8-9,12,17H,5-7,10-11H2/t12-,17?/m1/s1. The van der Waals surface area contributed by atoms with Crippen LogP contribution in [0.1, 0.15) is 18.4 Å². The Labute approximate surface area is 175 Å². The molecule has 6 nitrogen and oxygen atoms in total. The van der Waals surface area contributed by atoms with Gasteiger partial charge in [-0.1, -0.05) is 0 Å². The third-order valence-electron chi connectivity index (χ3n) is 5.30. The molecule has 0 N–H and O–H groups in total. The minimum absolute atomic E-state index is 0.0496. The van der Waals surface area contributed by atoms with Crippen molar-refractivity contribution in [2.75, 3.05) is 19.8 Å². The summed E-state index contributed by atoms with van der Waals surface area (Å²) >= 11 is 0. The minimum Gasteiger partial charge on any atom is -0.493 e. The summed E-state index contributed by atoms with van der Waals surface area (Å²) in [6, 6.07) is 6.55. The molecule has 0 spiro atoms. The molecule has 2 aromatic rings. The lowest BCUT2D eigenvalue weighted by Gasteiger charge is -2.30. The molecule has 4 rings (SSSR count). The molecule has 0 radical (unpaired) electrons. The second-order valence-corrected chi connectivity index (χ2v) is 9.86. The summed E-state index contributed by atoms with van der Waals surface area (Å²) in [7, 11) is 1.75. The van der Waals surface area contributed by atoms with E-state index in [1.807, 2.05) is 0 Å². The van der Waals surface area contributed by atoms with Crippen LogP contribution in [-0.4, -0.2) is 38.0 Å². The average Bonchev–Trinajstić information content (AvgIpc) is 3.35. The van der Waals surface area contributed by atoms with Crippen LogP contribution in [0.4, 0.5) is 13.2 Å². The molecule has 1 fully saturated rings. The molecule has 1 aliphatic heterocycles. The SMILES string of the molecule is O=S(=O)(Cl)C1=C(C2COCC[C@@H]2COc2ccc(-n3cc(C(F)(F)F)cn3)cc2)C1. The van der Waals surface area contributed by atoms with E-state index in [1.165, 1.54) is 0 Å². The quantitative estimate of drug-likeness (QED) is 0.603. The van der Waals surface area contributed by atoms with Crippen LogP contribution in [0.5, 0.6) is 5.75 Å². The number of aromatic nitrogens is 2. The van der Waals surface area contributed by atoms with E-state index in [1.54, 1.807) is 24.3 Å². The zero-order valence-corrected chi connectivity index (χ0v) is 17.2. The number of benzene rings is 1. The molecular weight excluding hydrogens is 445 g/mol. The summed E-state index contributed by atoms with van der Waals surface area (Å²) in [4.78, 5) is 0.284. The lowest BCUT2D eigenvalue weighted by Crippen LogP contribution is -2.31. The molecule has 1 saturated heterocycles. The Morgan fingerprint density at radius 3 is 2.60 bits per heavy atom. The van der Waals surface area contributed by atoms with Crippen molar-refractivity contribution in [3.8, 4) is 11.4 Å². The smallest absolute Gasteiger partial charge is 0.419 e. The topological polar surface area (TPSA) is 70.4 Å². The van der Waals surface area contributed by atoms with Crippen LogP contribution < -0.4 is 4.74 Å². The van der Waals surface area contributed by atoms with Crippen LogP contribution in [0.25, 0.3) is 5.69 Å². The Morgan fingerprint density at radius 2 is 2.00 bits per heavy atom. The van der Waals surface area contributed by atoms with Crippen LogP contribution in [0.2, 0.25) is 0 Å². The van der Waals surface area contributed by atoms with Crippen LogP contribution in [0.15, 0.2) is 47.1 Å². The van der Waals surface area contributed by atoms with E-state index in [4.69, 9.17) is 20.2 Å². The lowest BCUT2D eigenvalue weighted by molar-refractivity contribution is -0.137. The summed E-state index contributed by atoms with van der Waals surface area (Å²) in [6.07, 6.45) is -1.63. The van der Waals surface area contributed by atoms with E-state index in [0.29, 0.717) is 37.7 Å². The predicted octanol–water partition coefficient (Wildman–Crippen LogP) is 4.15. The van der Waals surface area contributed by atoms with E-state index >= 15 is 0 Å². The molecule has 1 aliphatic carbocycles. The minimum atomic E-state index is -4.44. The van der Waals surface area contributed by atoms with Gasteiger partial charge in [0.25, 0.3) is 9.05 Å². The van der Waals surface area contributed by atoms with Gasteiger partial charge in [0.15, 0.2) is 0 Å². The summed E-state index contributed by atoms with van der Waals surface area (Å²) < 4.78 is 73.7. The van der Waals surface area contributed by atoms with Gasteiger partial charge in [-0.15, -0.1) is 0 Å². The number of ether oxygens (including phenoxy) is 2. The second-order valence-electron chi connectivity index (χ2n) is 7.27. The number of allylic oxidation sites excluding steroid dienone is 1. The highest BCUT2D eigenvalue weighted by Gasteiger charge is 2.41. The first-order valence-electron chi connectivity index (χ1n) is 9.22. The van der Waals surface area contributed by atoms with Gasteiger partial charge in [0, 0.05) is 41.7 Å². The third-order valence-corrected chi connectivity index (χ3v) is 6.85. The van der Waals surface area contributed by atoms with Gasteiger partial charge in [0.2, 0.25) is 0 Å². The average molecular weight is 463 g/mol. The molecule has 1 unspecified atom stereocenters. The Bertz CT molecular complexity index is 1060. The van der Waals surface area contributed by atoms with Crippen molar-refractivity contribution in [1.29, 1.82) is 0 Å². The highest BCUT2D eigenvalue weighted by molar-refractivity contribution is 8.17. The van der Waals surface area contributed by atoms with Crippen LogP contribution >= 0.6 is 10.7 Å². The molecule has 162 valence electrons.